The van der Waals surface area contributed by atoms with Gasteiger partial charge in [0, 0.05) is 35.3 Å². The maximum absolute atomic E-state index is 10.2. The van der Waals surface area contributed by atoms with Gasteiger partial charge in [0.1, 0.15) is 37.2 Å². The van der Waals surface area contributed by atoms with E-state index in [4.69, 9.17) is 15.3 Å². The minimum atomic E-state index is -0.521. The molecule has 0 amide bonds. The molecule has 0 aromatic carbocycles. The molecule has 13 heteroatoms. The van der Waals surface area contributed by atoms with Gasteiger partial charge in [-0.15, -0.1) is 0 Å². The summed E-state index contributed by atoms with van der Waals surface area (Å²) >= 11 is 0. The second-order valence-electron chi connectivity index (χ2n) is 3.74. The van der Waals surface area contributed by atoms with Gasteiger partial charge in [0.2, 0.25) is 0 Å². The summed E-state index contributed by atoms with van der Waals surface area (Å²) < 4.78 is 0.833. The first kappa shape index (κ1) is 21.6. The number of hydrogen-bond donors (Lipinski definition) is 3. The topological polar surface area (TPSA) is 180 Å². The van der Waals surface area contributed by atoms with E-state index < -0.39 is 18.0 Å². The molecule has 0 spiro atoms. The Morgan fingerprint density at radius 2 is 0.840 bits per heavy atom. The van der Waals surface area contributed by atoms with Crippen molar-refractivity contribution in [3.05, 3.63) is 71.0 Å². The van der Waals surface area contributed by atoms with Gasteiger partial charge in [0.05, 0.1) is 0 Å². The molecule has 0 fully saturated rings. The zero-order chi connectivity index (χ0) is 17.9. The Kier molecular flexibility index (Phi) is 9.62. The van der Waals surface area contributed by atoms with Crippen molar-refractivity contribution in [2.75, 3.05) is 0 Å². The van der Waals surface area contributed by atoms with E-state index in [1.165, 1.54) is 55.4 Å². The molecule has 134 valence electrons. The first-order chi connectivity index (χ1) is 11.4. The second kappa shape index (κ2) is 11.2. The van der Waals surface area contributed by atoms with Crippen LogP contribution in [0.25, 0.3) is 0 Å². The van der Waals surface area contributed by atoms with Gasteiger partial charge in [-0.2, -0.15) is 0 Å². The van der Waals surface area contributed by atoms with Crippen LogP contribution in [0.15, 0.2) is 55.4 Å². The summed E-state index contributed by atoms with van der Waals surface area (Å²) in [6, 6.07) is 2.75. The van der Waals surface area contributed by atoms with E-state index >= 15 is 0 Å². The normalized spacial score (nSPS) is 8.64. The minimum absolute atomic E-state index is 0. The molecule has 0 bridgehead atoms. The molecule has 0 radical (unpaired) electrons. The summed E-state index contributed by atoms with van der Waals surface area (Å²) in [6.07, 6.45) is 7.52. The number of aromatic hydroxyl groups is 3. The molecule has 0 saturated heterocycles. The van der Waals surface area contributed by atoms with Crippen LogP contribution in [-0.2, 0) is 17.1 Å². The Balaban J connectivity index is 0.000000339. The average molecular weight is 392 g/mol. The van der Waals surface area contributed by atoms with Gasteiger partial charge in [0.25, 0.3) is 0 Å². The molecular formula is C12H12FeN6O6. The van der Waals surface area contributed by atoms with Gasteiger partial charge in [-0.05, 0) is 15.0 Å². The first-order valence-electron chi connectivity index (χ1n) is 6.11. The van der Waals surface area contributed by atoms with Crippen LogP contribution in [0.4, 0.5) is 0 Å². The van der Waals surface area contributed by atoms with E-state index in [0.717, 1.165) is 0 Å². The maximum Gasteiger partial charge on any atom is 0.498 e. The summed E-state index contributed by atoms with van der Waals surface area (Å²) in [5, 5.41) is 56.0. The van der Waals surface area contributed by atoms with Crippen molar-refractivity contribution in [2.24, 2.45) is 0 Å². The Morgan fingerprint density at radius 3 is 0.960 bits per heavy atom. The third-order valence-corrected chi connectivity index (χ3v) is 2.08. The Bertz CT molecular complexity index is 614. The van der Waals surface area contributed by atoms with Crippen LogP contribution in [-0.4, -0.2) is 30.3 Å². The Morgan fingerprint density at radius 1 is 0.600 bits per heavy atom. The van der Waals surface area contributed by atoms with Crippen LogP contribution >= 0.6 is 0 Å². The Labute approximate surface area is 151 Å². The number of nitrogens with zero attached hydrogens (tertiary/aromatic N) is 6. The van der Waals surface area contributed by atoms with E-state index in [9.17, 15) is 15.6 Å². The van der Waals surface area contributed by atoms with Crippen LogP contribution in [0.3, 0.4) is 0 Å². The van der Waals surface area contributed by atoms with Gasteiger partial charge in [-0.3, -0.25) is 0 Å². The van der Waals surface area contributed by atoms with Crippen LogP contribution in [0.1, 0.15) is 0 Å². The third kappa shape index (κ3) is 8.10. The molecule has 0 aliphatic rings. The monoisotopic (exact) mass is 392 g/mol. The SMILES string of the molecule is [Fe].[O-][n+]1cccnc1O.[O-][n+]1cccnc1O.[O-][n+]1cccnc1O. The van der Waals surface area contributed by atoms with E-state index in [0.29, 0.717) is 0 Å². The molecule has 0 saturated carbocycles. The number of hydrogen-bond acceptors (Lipinski definition) is 9. The summed E-state index contributed by atoms with van der Waals surface area (Å²) in [7, 11) is 0. The van der Waals surface area contributed by atoms with Crippen molar-refractivity contribution in [1.29, 1.82) is 0 Å². The third-order valence-electron chi connectivity index (χ3n) is 2.08. The maximum atomic E-state index is 10.2. The van der Waals surface area contributed by atoms with Gasteiger partial charge >= 0.3 is 18.0 Å². The average Bonchev–Trinajstić information content (AvgIpc) is 2.57. The molecule has 3 rings (SSSR count). The molecule has 25 heavy (non-hydrogen) atoms. The summed E-state index contributed by atoms with van der Waals surface area (Å²) in [4.78, 5) is 9.85. The van der Waals surface area contributed by atoms with Crippen LogP contribution < -0.4 is 14.2 Å². The predicted molar refractivity (Wildman–Crippen MR) is 74.6 cm³/mol. The van der Waals surface area contributed by atoms with Crippen molar-refractivity contribution in [3.8, 4) is 18.0 Å². The van der Waals surface area contributed by atoms with Crippen LogP contribution in [0.5, 0.6) is 18.0 Å². The quantitative estimate of drug-likeness (QED) is 0.227. The van der Waals surface area contributed by atoms with Crippen LogP contribution in [0.2, 0.25) is 0 Å². The molecule has 3 heterocycles. The molecule has 0 unspecified atom stereocenters. The fourth-order valence-electron chi connectivity index (χ4n) is 1.05. The fraction of sp³-hybridized carbons (Fsp3) is 0. The molecule has 0 atom stereocenters. The van der Waals surface area contributed by atoms with Gasteiger partial charge in [-0.25, -0.2) is 14.2 Å². The second-order valence-corrected chi connectivity index (χ2v) is 3.74. The van der Waals surface area contributed by atoms with Gasteiger partial charge < -0.3 is 30.9 Å². The number of aromatic nitrogens is 6. The molecule has 0 aliphatic carbocycles. The van der Waals surface area contributed by atoms with E-state index in [-0.39, 0.29) is 31.3 Å². The zero-order valence-corrected chi connectivity index (χ0v) is 13.4. The van der Waals surface area contributed by atoms with E-state index in [1.54, 1.807) is 0 Å². The molecule has 3 N–H and O–H groups in total. The Hall–Kier alpha value is -3.44. The van der Waals surface area contributed by atoms with Crippen molar-refractivity contribution in [1.82, 2.24) is 15.0 Å². The van der Waals surface area contributed by atoms with Crippen molar-refractivity contribution in [3.63, 3.8) is 0 Å². The summed E-state index contributed by atoms with van der Waals surface area (Å²) in [6.45, 7) is 0. The largest absolute Gasteiger partial charge is 0.708 e. The summed E-state index contributed by atoms with van der Waals surface area (Å²) in [5.41, 5.74) is 0. The van der Waals surface area contributed by atoms with Crippen molar-refractivity contribution < 1.29 is 46.6 Å². The van der Waals surface area contributed by atoms with Crippen LogP contribution in [0, 0.1) is 15.6 Å². The molecule has 3 aromatic rings. The molecular weight excluding hydrogens is 380 g/mol. The molecule has 0 aliphatic heterocycles. The predicted octanol–water partition coefficient (Wildman–Crippen LogP) is -1.74. The van der Waals surface area contributed by atoms with Crippen molar-refractivity contribution in [2.45, 2.75) is 0 Å². The summed E-state index contributed by atoms with van der Waals surface area (Å²) in [5.74, 6) is 0. The minimum Gasteiger partial charge on any atom is -0.708 e. The molecule has 3 aromatic heterocycles. The standard InChI is InChI=1S/3C4H4N2O2.Fe/c3*7-4-5-2-1-3-6(4)8;/h3*1-3H,(H,5,7);. The van der Waals surface area contributed by atoms with Gasteiger partial charge in [-0.1, -0.05) is 0 Å². The smallest absolute Gasteiger partial charge is 0.498 e. The van der Waals surface area contributed by atoms with E-state index in [1.807, 2.05) is 0 Å². The van der Waals surface area contributed by atoms with E-state index in [2.05, 4.69) is 15.0 Å². The van der Waals surface area contributed by atoms with Crippen molar-refractivity contribution >= 4 is 0 Å². The molecule has 12 nitrogen and oxygen atoms in total. The first-order valence-corrected chi connectivity index (χ1v) is 6.11. The number of rotatable bonds is 0. The van der Waals surface area contributed by atoms with Gasteiger partial charge in [0.15, 0.2) is 0 Å². The zero-order valence-electron chi connectivity index (χ0n) is 12.3. The fourth-order valence-corrected chi connectivity index (χ4v) is 1.05.